The monoisotopic (exact) mass is 307 g/mol. The van der Waals surface area contributed by atoms with Crippen LogP contribution in [0.15, 0.2) is 45.7 Å². The summed E-state index contributed by atoms with van der Waals surface area (Å²) in [5.41, 5.74) is 3.68. The Labute approximate surface area is 117 Å². The zero-order valence-electron chi connectivity index (χ0n) is 10.7. The Morgan fingerprint density at radius 3 is 2.83 bits per heavy atom. The number of hydrogen-bond donors (Lipinski definition) is 1. The second-order valence-corrected chi connectivity index (χ2v) is 5.32. The summed E-state index contributed by atoms with van der Waals surface area (Å²) in [7, 11) is 0. The molecule has 0 bridgehead atoms. The molecule has 1 atom stereocenters. The SMILES string of the molecule is CCCNC(c1ccoc1)c1cc(C)ccc1Br. The number of halogens is 1. The van der Waals surface area contributed by atoms with Crippen molar-refractivity contribution < 1.29 is 4.42 Å². The van der Waals surface area contributed by atoms with Crippen molar-refractivity contribution in [2.45, 2.75) is 26.3 Å². The Kier molecular flexibility index (Phi) is 4.61. The Bertz CT molecular complexity index is 493. The molecule has 2 rings (SSSR count). The number of nitrogens with one attached hydrogen (secondary N) is 1. The van der Waals surface area contributed by atoms with Gasteiger partial charge in [0.05, 0.1) is 18.6 Å². The predicted molar refractivity (Wildman–Crippen MR) is 77.7 cm³/mol. The molecule has 0 aliphatic carbocycles. The fraction of sp³-hybridized carbons (Fsp3) is 0.333. The van der Waals surface area contributed by atoms with Crippen molar-refractivity contribution in [3.63, 3.8) is 0 Å². The summed E-state index contributed by atoms with van der Waals surface area (Å²) in [6, 6.07) is 8.62. The molecule has 2 aromatic rings. The van der Waals surface area contributed by atoms with Crippen molar-refractivity contribution in [1.82, 2.24) is 5.32 Å². The third-order valence-corrected chi connectivity index (χ3v) is 3.66. The summed E-state index contributed by atoms with van der Waals surface area (Å²) in [6.07, 6.45) is 4.64. The van der Waals surface area contributed by atoms with E-state index in [4.69, 9.17) is 4.42 Å². The van der Waals surface area contributed by atoms with Crippen molar-refractivity contribution in [1.29, 1.82) is 0 Å². The molecule has 0 aliphatic heterocycles. The minimum Gasteiger partial charge on any atom is -0.472 e. The van der Waals surface area contributed by atoms with Gasteiger partial charge in [0.15, 0.2) is 0 Å². The molecule has 18 heavy (non-hydrogen) atoms. The standard InChI is InChI=1S/C15H18BrNO/c1-3-7-17-15(12-6-8-18-10-12)13-9-11(2)4-5-14(13)16/h4-6,8-10,15,17H,3,7H2,1-2H3. The third kappa shape index (κ3) is 3.03. The largest absolute Gasteiger partial charge is 0.472 e. The molecule has 0 fully saturated rings. The van der Waals surface area contributed by atoms with E-state index in [-0.39, 0.29) is 6.04 Å². The molecular formula is C15H18BrNO. The Hall–Kier alpha value is -1.06. The molecule has 1 aromatic carbocycles. The summed E-state index contributed by atoms with van der Waals surface area (Å²) >= 11 is 3.64. The van der Waals surface area contributed by atoms with Gasteiger partial charge in [0.1, 0.15) is 0 Å². The minimum atomic E-state index is 0.179. The van der Waals surface area contributed by atoms with Crippen LogP contribution in [0.4, 0.5) is 0 Å². The van der Waals surface area contributed by atoms with Gasteiger partial charge in [0.25, 0.3) is 0 Å². The van der Waals surface area contributed by atoms with Crippen LogP contribution in [0, 0.1) is 6.92 Å². The van der Waals surface area contributed by atoms with Gasteiger partial charge in [-0.1, -0.05) is 40.5 Å². The predicted octanol–water partition coefficient (Wildman–Crippen LogP) is 4.44. The summed E-state index contributed by atoms with van der Waals surface area (Å²) in [4.78, 5) is 0. The Morgan fingerprint density at radius 1 is 1.33 bits per heavy atom. The smallest absolute Gasteiger partial charge is 0.0953 e. The molecule has 3 heteroatoms. The van der Waals surface area contributed by atoms with Crippen LogP contribution < -0.4 is 5.32 Å². The number of aryl methyl sites for hydroxylation is 1. The zero-order valence-corrected chi connectivity index (χ0v) is 12.3. The Morgan fingerprint density at radius 2 is 2.17 bits per heavy atom. The van der Waals surface area contributed by atoms with Crippen LogP contribution in [-0.4, -0.2) is 6.54 Å². The van der Waals surface area contributed by atoms with Gasteiger partial charge in [-0.3, -0.25) is 0 Å². The lowest BCUT2D eigenvalue weighted by atomic mass is 9.99. The van der Waals surface area contributed by atoms with E-state index in [1.807, 2.05) is 12.3 Å². The maximum absolute atomic E-state index is 5.21. The second kappa shape index (κ2) is 6.21. The molecule has 0 amide bonds. The van der Waals surface area contributed by atoms with E-state index in [0.717, 1.165) is 23.0 Å². The van der Waals surface area contributed by atoms with E-state index in [1.54, 1.807) is 6.26 Å². The summed E-state index contributed by atoms with van der Waals surface area (Å²) in [5, 5.41) is 3.57. The van der Waals surface area contributed by atoms with Crippen molar-refractivity contribution in [2.75, 3.05) is 6.54 Å². The molecular weight excluding hydrogens is 290 g/mol. The highest BCUT2D eigenvalue weighted by molar-refractivity contribution is 9.10. The molecule has 1 heterocycles. The highest BCUT2D eigenvalue weighted by atomic mass is 79.9. The number of hydrogen-bond acceptors (Lipinski definition) is 2. The zero-order chi connectivity index (χ0) is 13.0. The van der Waals surface area contributed by atoms with Gasteiger partial charge >= 0.3 is 0 Å². The van der Waals surface area contributed by atoms with Crippen LogP contribution in [0.5, 0.6) is 0 Å². The van der Waals surface area contributed by atoms with Crippen LogP contribution in [0.1, 0.15) is 36.1 Å². The maximum Gasteiger partial charge on any atom is 0.0953 e. The van der Waals surface area contributed by atoms with Gasteiger partial charge in [-0.2, -0.15) is 0 Å². The highest BCUT2D eigenvalue weighted by Gasteiger charge is 2.17. The lowest BCUT2D eigenvalue weighted by Gasteiger charge is -2.19. The summed E-state index contributed by atoms with van der Waals surface area (Å²) in [6.45, 7) is 5.27. The van der Waals surface area contributed by atoms with Crippen molar-refractivity contribution in [3.05, 3.63) is 58.0 Å². The van der Waals surface area contributed by atoms with Gasteiger partial charge in [-0.05, 0) is 37.6 Å². The van der Waals surface area contributed by atoms with Gasteiger partial charge in [-0.25, -0.2) is 0 Å². The van der Waals surface area contributed by atoms with Gasteiger partial charge in [0, 0.05) is 10.0 Å². The van der Waals surface area contributed by atoms with Crippen LogP contribution >= 0.6 is 15.9 Å². The molecule has 0 aliphatic rings. The average molecular weight is 308 g/mol. The fourth-order valence-corrected chi connectivity index (χ4v) is 2.50. The van der Waals surface area contributed by atoms with Crippen LogP contribution in [-0.2, 0) is 0 Å². The first kappa shape index (κ1) is 13.4. The van der Waals surface area contributed by atoms with E-state index < -0.39 is 0 Å². The van der Waals surface area contributed by atoms with Crippen molar-refractivity contribution in [2.24, 2.45) is 0 Å². The van der Waals surface area contributed by atoms with E-state index in [1.165, 1.54) is 11.1 Å². The fourth-order valence-electron chi connectivity index (χ4n) is 2.02. The first-order valence-corrected chi connectivity index (χ1v) is 7.03. The van der Waals surface area contributed by atoms with E-state index in [2.05, 4.69) is 53.3 Å². The van der Waals surface area contributed by atoms with Gasteiger partial charge in [0.2, 0.25) is 0 Å². The molecule has 0 spiro atoms. The molecule has 0 saturated carbocycles. The van der Waals surface area contributed by atoms with E-state index >= 15 is 0 Å². The maximum atomic E-state index is 5.21. The number of rotatable bonds is 5. The molecule has 1 N–H and O–H groups in total. The normalized spacial score (nSPS) is 12.6. The van der Waals surface area contributed by atoms with Crippen molar-refractivity contribution >= 4 is 15.9 Å². The molecule has 1 aromatic heterocycles. The molecule has 0 radical (unpaired) electrons. The minimum absolute atomic E-state index is 0.179. The molecule has 1 unspecified atom stereocenters. The van der Waals surface area contributed by atoms with Crippen LogP contribution in [0.3, 0.4) is 0 Å². The molecule has 0 saturated heterocycles. The average Bonchev–Trinajstić information content (AvgIpc) is 2.88. The quantitative estimate of drug-likeness (QED) is 0.883. The molecule has 96 valence electrons. The Balaban J connectivity index is 2.36. The van der Waals surface area contributed by atoms with Gasteiger partial charge < -0.3 is 9.73 Å². The topological polar surface area (TPSA) is 25.2 Å². The number of furan rings is 1. The van der Waals surface area contributed by atoms with Crippen LogP contribution in [0.2, 0.25) is 0 Å². The third-order valence-electron chi connectivity index (χ3n) is 2.94. The van der Waals surface area contributed by atoms with Crippen LogP contribution in [0.25, 0.3) is 0 Å². The first-order valence-electron chi connectivity index (χ1n) is 6.24. The summed E-state index contributed by atoms with van der Waals surface area (Å²) in [5.74, 6) is 0. The van der Waals surface area contributed by atoms with E-state index in [9.17, 15) is 0 Å². The van der Waals surface area contributed by atoms with Crippen molar-refractivity contribution in [3.8, 4) is 0 Å². The summed E-state index contributed by atoms with van der Waals surface area (Å²) < 4.78 is 6.34. The lowest BCUT2D eigenvalue weighted by Crippen LogP contribution is -2.23. The number of benzene rings is 1. The molecule has 2 nitrogen and oxygen atoms in total. The first-order chi connectivity index (χ1) is 8.72. The highest BCUT2D eigenvalue weighted by Crippen LogP contribution is 2.29. The lowest BCUT2D eigenvalue weighted by molar-refractivity contribution is 0.548. The van der Waals surface area contributed by atoms with Gasteiger partial charge in [-0.15, -0.1) is 0 Å². The van der Waals surface area contributed by atoms with E-state index in [0.29, 0.717) is 0 Å². The second-order valence-electron chi connectivity index (χ2n) is 4.47.